The second-order valence-corrected chi connectivity index (χ2v) is 7.28. The molecule has 0 radical (unpaired) electrons. The molecule has 0 spiro atoms. The lowest BCUT2D eigenvalue weighted by atomic mass is 10.1. The Morgan fingerprint density at radius 2 is 1.88 bits per heavy atom. The second-order valence-electron chi connectivity index (χ2n) is 7.28. The van der Waals surface area contributed by atoms with Gasteiger partial charge in [-0.3, -0.25) is 4.79 Å². The zero-order chi connectivity index (χ0) is 25.0. The van der Waals surface area contributed by atoms with Crippen LogP contribution in [0, 0.1) is 13.8 Å². The minimum absolute atomic E-state index is 0.0258. The fourth-order valence-electron chi connectivity index (χ4n) is 3.27. The summed E-state index contributed by atoms with van der Waals surface area (Å²) in [5, 5.41) is 7.03. The van der Waals surface area contributed by atoms with E-state index in [2.05, 4.69) is 20.1 Å². The van der Waals surface area contributed by atoms with Gasteiger partial charge in [0.25, 0.3) is 0 Å². The van der Waals surface area contributed by atoms with Crippen molar-refractivity contribution in [1.29, 1.82) is 0 Å². The fourth-order valence-corrected chi connectivity index (χ4v) is 3.27. The molecule has 3 aromatic rings. The lowest BCUT2D eigenvalue weighted by Crippen LogP contribution is -2.25. The molecule has 0 saturated carbocycles. The molecule has 2 heterocycles. The molecule has 34 heavy (non-hydrogen) atoms. The van der Waals surface area contributed by atoms with Gasteiger partial charge in [-0.15, -0.1) is 0 Å². The SMILES string of the molecule is COc1cc(CNC(=O)Cc2c(C)nn(-c3ccc(C(F)(F)F)cn3)c2C)ccc1OC(F)F. The van der Waals surface area contributed by atoms with Crippen LogP contribution in [0.25, 0.3) is 5.82 Å². The zero-order valence-electron chi connectivity index (χ0n) is 18.4. The van der Waals surface area contributed by atoms with Crippen molar-refractivity contribution in [2.45, 2.75) is 39.6 Å². The summed E-state index contributed by atoms with van der Waals surface area (Å²) >= 11 is 0. The summed E-state index contributed by atoms with van der Waals surface area (Å²) in [5.74, 6) is -0.163. The molecule has 2 aromatic heterocycles. The molecular formula is C22H21F5N4O3. The highest BCUT2D eigenvalue weighted by molar-refractivity contribution is 5.79. The van der Waals surface area contributed by atoms with Crippen LogP contribution < -0.4 is 14.8 Å². The molecule has 0 unspecified atom stereocenters. The topological polar surface area (TPSA) is 78.3 Å². The molecule has 0 aliphatic rings. The van der Waals surface area contributed by atoms with Crippen LogP contribution in [0.15, 0.2) is 36.5 Å². The van der Waals surface area contributed by atoms with Crippen molar-refractivity contribution in [3.63, 3.8) is 0 Å². The largest absolute Gasteiger partial charge is 0.493 e. The van der Waals surface area contributed by atoms with Crippen molar-refractivity contribution in [3.8, 4) is 17.3 Å². The van der Waals surface area contributed by atoms with E-state index < -0.39 is 18.4 Å². The summed E-state index contributed by atoms with van der Waals surface area (Å²) in [6, 6.07) is 6.44. The Hall–Kier alpha value is -3.70. The third-order valence-corrected chi connectivity index (χ3v) is 5.00. The van der Waals surface area contributed by atoms with Gasteiger partial charge in [0.2, 0.25) is 5.91 Å². The first kappa shape index (κ1) is 24.9. The molecule has 0 aliphatic heterocycles. The lowest BCUT2D eigenvalue weighted by molar-refractivity contribution is -0.137. The van der Waals surface area contributed by atoms with Crippen molar-refractivity contribution < 1.29 is 36.2 Å². The van der Waals surface area contributed by atoms with Gasteiger partial charge in [-0.1, -0.05) is 6.07 Å². The van der Waals surface area contributed by atoms with Crippen LogP contribution in [0.3, 0.4) is 0 Å². The first-order chi connectivity index (χ1) is 16.0. The van der Waals surface area contributed by atoms with Crippen LogP contribution in [-0.4, -0.2) is 34.4 Å². The third-order valence-electron chi connectivity index (χ3n) is 5.00. The molecule has 0 bridgehead atoms. The molecule has 0 fully saturated rings. The van der Waals surface area contributed by atoms with Crippen LogP contribution in [0.5, 0.6) is 11.5 Å². The number of amides is 1. The van der Waals surface area contributed by atoms with Crippen molar-refractivity contribution in [2.75, 3.05) is 7.11 Å². The standard InChI is InChI=1S/C22H21F5N4O3/c1-12-16(13(2)31(30-12)19-7-5-15(11-28-19)22(25,26)27)9-20(32)29-10-14-4-6-17(34-21(23)24)18(8-14)33-3/h4-8,11,21H,9-10H2,1-3H3,(H,29,32). The predicted octanol–water partition coefficient (Wildman–Crippen LogP) is 4.37. The number of hydrogen-bond acceptors (Lipinski definition) is 5. The van der Waals surface area contributed by atoms with Gasteiger partial charge in [-0.05, 0) is 43.7 Å². The Bertz CT molecular complexity index is 1160. The molecule has 1 amide bonds. The number of benzene rings is 1. The van der Waals surface area contributed by atoms with Gasteiger partial charge in [-0.25, -0.2) is 9.67 Å². The number of aryl methyl sites for hydroxylation is 1. The Morgan fingerprint density at radius 1 is 1.15 bits per heavy atom. The minimum Gasteiger partial charge on any atom is -0.493 e. The van der Waals surface area contributed by atoms with E-state index in [1.54, 1.807) is 13.8 Å². The molecule has 0 saturated heterocycles. The number of ether oxygens (including phenoxy) is 2. The highest BCUT2D eigenvalue weighted by Gasteiger charge is 2.31. The maximum absolute atomic E-state index is 12.8. The monoisotopic (exact) mass is 484 g/mol. The maximum Gasteiger partial charge on any atom is 0.417 e. The smallest absolute Gasteiger partial charge is 0.417 e. The molecular weight excluding hydrogens is 463 g/mol. The Morgan fingerprint density at radius 3 is 2.47 bits per heavy atom. The summed E-state index contributed by atoms with van der Waals surface area (Å²) in [5.41, 5.74) is 1.43. The van der Waals surface area contributed by atoms with E-state index in [0.29, 0.717) is 22.5 Å². The highest BCUT2D eigenvalue weighted by Crippen LogP contribution is 2.30. The predicted molar refractivity (Wildman–Crippen MR) is 111 cm³/mol. The lowest BCUT2D eigenvalue weighted by Gasteiger charge is -2.12. The molecule has 12 heteroatoms. The van der Waals surface area contributed by atoms with E-state index >= 15 is 0 Å². The van der Waals surface area contributed by atoms with Crippen molar-refractivity contribution >= 4 is 5.91 Å². The first-order valence-electron chi connectivity index (χ1n) is 9.96. The molecule has 0 atom stereocenters. The number of rotatable bonds is 8. The number of aromatic nitrogens is 3. The first-order valence-corrected chi connectivity index (χ1v) is 9.96. The number of nitrogens with zero attached hydrogens (tertiary/aromatic N) is 3. The Balaban J connectivity index is 1.68. The Kier molecular flexibility index (Phi) is 7.38. The van der Waals surface area contributed by atoms with Crippen LogP contribution in [0.2, 0.25) is 0 Å². The number of pyridine rings is 1. The van der Waals surface area contributed by atoms with Gasteiger partial charge >= 0.3 is 12.8 Å². The van der Waals surface area contributed by atoms with Gasteiger partial charge in [0, 0.05) is 24.0 Å². The normalized spacial score (nSPS) is 11.6. The summed E-state index contributed by atoms with van der Waals surface area (Å²) in [6.07, 6.45) is -3.80. The fraction of sp³-hybridized carbons (Fsp3) is 0.318. The maximum atomic E-state index is 12.8. The number of halogens is 5. The van der Waals surface area contributed by atoms with Gasteiger partial charge in [0.1, 0.15) is 0 Å². The van der Waals surface area contributed by atoms with Crippen LogP contribution >= 0.6 is 0 Å². The van der Waals surface area contributed by atoms with Crippen molar-refractivity contribution in [3.05, 3.63) is 64.6 Å². The molecule has 0 aliphatic carbocycles. The zero-order valence-corrected chi connectivity index (χ0v) is 18.4. The summed E-state index contributed by atoms with van der Waals surface area (Å²) < 4.78 is 74.0. The quantitative estimate of drug-likeness (QED) is 0.481. The number of alkyl halides is 5. The number of nitrogens with one attached hydrogen (secondary N) is 1. The average Bonchev–Trinajstić information content (AvgIpc) is 3.05. The van der Waals surface area contributed by atoms with E-state index in [1.165, 1.54) is 36.1 Å². The van der Waals surface area contributed by atoms with E-state index in [1.807, 2.05) is 0 Å². The Labute approximate surface area is 191 Å². The van der Waals surface area contributed by atoms with Crippen molar-refractivity contribution in [2.24, 2.45) is 0 Å². The van der Waals surface area contributed by atoms with E-state index in [-0.39, 0.29) is 36.2 Å². The molecule has 3 rings (SSSR count). The number of carbonyl (C=O) groups is 1. The molecule has 1 aromatic carbocycles. The van der Waals surface area contributed by atoms with E-state index in [4.69, 9.17) is 4.74 Å². The molecule has 182 valence electrons. The average molecular weight is 484 g/mol. The van der Waals surface area contributed by atoms with Gasteiger partial charge < -0.3 is 14.8 Å². The molecule has 7 nitrogen and oxygen atoms in total. The van der Waals surface area contributed by atoms with Crippen LogP contribution in [0.4, 0.5) is 22.0 Å². The summed E-state index contributed by atoms with van der Waals surface area (Å²) in [6.45, 7) is 0.485. The van der Waals surface area contributed by atoms with E-state index in [0.717, 1.165) is 12.3 Å². The van der Waals surface area contributed by atoms with Gasteiger partial charge in [-0.2, -0.15) is 27.1 Å². The molecule has 1 N–H and O–H groups in total. The summed E-state index contributed by atoms with van der Waals surface area (Å²) in [7, 11) is 1.31. The third kappa shape index (κ3) is 5.80. The van der Waals surface area contributed by atoms with Gasteiger partial charge in [0.05, 0.1) is 24.8 Å². The van der Waals surface area contributed by atoms with Gasteiger partial charge in [0.15, 0.2) is 17.3 Å². The minimum atomic E-state index is -4.50. The summed E-state index contributed by atoms with van der Waals surface area (Å²) in [4.78, 5) is 16.4. The number of carbonyl (C=O) groups excluding carboxylic acids is 1. The number of hydrogen-bond donors (Lipinski definition) is 1. The highest BCUT2D eigenvalue weighted by atomic mass is 19.4. The van der Waals surface area contributed by atoms with E-state index in [9.17, 15) is 26.7 Å². The van der Waals surface area contributed by atoms with Crippen LogP contribution in [0.1, 0.15) is 28.1 Å². The number of methoxy groups -OCH3 is 1. The van der Waals surface area contributed by atoms with Crippen molar-refractivity contribution in [1.82, 2.24) is 20.1 Å². The second kappa shape index (κ2) is 10.1. The van der Waals surface area contributed by atoms with Crippen LogP contribution in [-0.2, 0) is 23.9 Å².